The third-order valence-electron chi connectivity index (χ3n) is 4.38. The zero-order valence-corrected chi connectivity index (χ0v) is 20.2. The van der Waals surface area contributed by atoms with E-state index >= 15 is 0 Å². The van der Waals surface area contributed by atoms with Crippen molar-refractivity contribution in [1.29, 1.82) is 0 Å². The molecule has 11 nitrogen and oxygen atoms in total. The summed E-state index contributed by atoms with van der Waals surface area (Å²) in [5.74, 6) is -3.94. The van der Waals surface area contributed by atoms with Crippen LogP contribution in [0.2, 0.25) is 0 Å². The van der Waals surface area contributed by atoms with E-state index in [9.17, 15) is 29.1 Å². The molecule has 0 heterocycles. The van der Waals surface area contributed by atoms with Crippen molar-refractivity contribution in [3.05, 3.63) is 0 Å². The summed E-state index contributed by atoms with van der Waals surface area (Å²) in [7, 11) is 0. The number of carboxylic acids is 2. The van der Waals surface area contributed by atoms with Gasteiger partial charge in [0.15, 0.2) is 0 Å². The van der Waals surface area contributed by atoms with Crippen molar-refractivity contribution in [1.82, 2.24) is 16.0 Å². The molecule has 4 unspecified atom stereocenters. The van der Waals surface area contributed by atoms with Crippen molar-refractivity contribution in [2.45, 2.75) is 63.7 Å². The number of aliphatic carboxylic acids is 2. The highest BCUT2D eigenvalue weighted by molar-refractivity contribution is 7.98. The van der Waals surface area contributed by atoms with E-state index in [2.05, 4.69) is 28.6 Å². The lowest BCUT2D eigenvalue weighted by Crippen LogP contribution is -2.57. The highest BCUT2D eigenvalue weighted by Crippen LogP contribution is 2.08. The normalized spacial score (nSPS) is 14.7. The number of rotatable bonds is 16. The van der Waals surface area contributed by atoms with Gasteiger partial charge in [0.05, 0.1) is 6.04 Å². The molecule has 0 rings (SSSR count). The molecule has 7 N–H and O–H groups in total. The van der Waals surface area contributed by atoms with Crippen molar-refractivity contribution in [3.63, 3.8) is 0 Å². The van der Waals surface area contributed by atoms with Crippen LogP contribution < -0.4 is 21.7 Å². The van der Waals surface area contributed by atoms with Crippen LogP contribution >= 0.6 is 24.4 Å². The quantitative estimate of drug-likeness (QED) is 0.138. The van der Waals surface area contributed by atoms with Crippen molar-refractivity contribution in [2.24, 2.45) is 11.7 Å². The second-order valence-electron chi connectivity index (χ2n) is 7.65. The van der Waals surface area contributed by atoms with Crippen LogP contribution in [0, 0.1) is 5.92 Å². The van der Waals surface area contributed by atoms with E-state index in [0.29, 0.717) is 5.75 Å². The maximum atomic E-state index is 12.8. The summed E-state index contributed by atoms with van der Waals surface area (Å²) in [6, 6.07) is -4.42. The van der Waals surface area contributed by atoms with E-state index in [4.69, 9.17) is 10.8 Å². The van der Waals surface area contributed by atoms with Crippen molar-refractivity contribution >= 4 is 54.1 Å². The number of hydrogen-bond acceptors (Lipinski definition) is 8. The van der Waals surface area contributed by atoms with Crippen molar-refractivity contribution in [3.8, 4) is 0 Å². The molecule has 0 fully saturated rings. The van der Waals surface area contributed by atoms with E-state index in [1.807, 2.05) is 6.26 Å². The first kappa shape index (κ1) is 30.0. The summed E-state index contributed by atoms with van der Waals surface area (Å²) in [6.07, 6.45) is 1.55. The number of thioether (sulfide) groups is 1. The van der Waals surface area contributed by atoms with Gasteiger partial charge in [-0.05, 0) is 37.2 Å². The van der Waals surface area contributed by atoms with Gasteiger partial charge in [-0.2, -0.15) is 24.4 Å². The van der Waals surface area contributed by atoms with Crippen LogP contribution in [0.5, 0.6) is 0 Å². The first-order valence-electron chi connectivity index (χ1n) is 10.1. The van der Waals surface area contributed by atoms with E-state index in [1.54, 1.807) is 13.8 Å². The second-order valence-corrected chi connectivity index (χ2v) is 9.01. The van der Waals surface area contributed by atoms with Gasteiger partial charge in [0.1, 0.15) is 18.1 Å². The fraction of sp³-hybridized carbons (Fsp3) is 0.737. The third-order valence-corrected chi connectivity index (χ3v) is 5.42. The number of carbonyl (C=O) groups is 5. The summed E-state index contributed by atoms with van der Waals surface area (Å²) >= 11 is 5.40. The maximum Gasteiger partial charge on any atom is 0.326 e. The van der Waals surface area contributed by atoms with Crippen LogP contribution in [-0.4, -0.2) is 81.8 Å². The molecule has 3 amide bonds. The Morgan fingerprint density at radius 3 is 1.84 bits per heavy atom. The number of nitrogens with two attached hydrogens (primary N) is 1. The Morgan fingerprint density at radius 1 is 0.906 bits per heavy atom. The lowest BCUT2D eigenvalue weighted by Gasteiger charge is -2.25. The zero-order chi connectivity index (χ0) is 24.8. The van der Waals surface area contributed by atoms with Gasteiger partial charge < -0.3 is 31.9 Å². The minimum Gasteiger partial charge on any atom is -0.481 e. The van der Waals surface area contributed by atoms with Gasteiger partial charge in [-0.3, -0.25) is 19.2 Å². The Kier molecular flexibility index (Phi) is 14.8. The molecule has 0 spiro atoms. The molecule has 0 aromatic heterocycles. The highest BCUT2D eigenvalue weighted by Gasteiger charge is 2.30. The average Bonchev–Trinajstić information content (AvgIpc) is 2.71. The van der Waals surface area contributed by atoms with Crippen LogP contribution in [0.3, 0.4) is 0 Å². The van der Waals surface area contributed by atoms with Crippen molar-refractivity contribution < 1.29 is 34.2 Å². The van der Waals surface area contributed by atoms with E-state index in [-0.39, 0.29) is 30.9 Å². The fourth-order valence-corrected chi connectivity index (χ4v) is 3.28. The first-order valence-corrected chi connectivity index (χ1v) is 12.2. The molecule has 4 atom stereocenters. The molecular weight excluding hydrogens is 460 g/mol. The summed E-state index contributed by atoms with van der Waals surface area (Å²) < 4.78 is 0. The van der Waals surface area contributed by atoms with Crippen LogP contribution in [0.4, 0.5) is 0 Å². The predicted octanol–water partition coefficient (Wildman–Crippen LogP) is -0.553. The summed E-state index contributed by atoms with van der Waals surface area (Å²) in [4.78, 5) is 60.1. The topological polar surface area (TPSA) is 188 Å². The van der Waals surface area contributed by atoms with Crippen LogP contribution in [0.1, 0.15) is 39.5 Å². The number of amides is 3. The maximum absolute atomic E-state index is 12.8. The molecule has 32 heavy (non-hydrogen) atoms. The Bertz CT molecular complexity index is 664. The molecule has 0 bridgehead atoms. The Hall–Kier alpha value is -1.99. The fourth-order valence-electron chi connectivity index (χ4n) is 2.64. The molecule has 0 aliphatic carbocycles. The molecule has 13 heteroatoms. The minimum atomic E-state index is -1.29. The van der Waals surface area contributed by atoms with Crippen LogP contribution in [0.25, 0.3) is 0 Å². The van der Waals surface area contributed by atoms with E-state index < -0.39 is 60.2 Å². The Morgan fingerprint density at radius 2 is 1.41 bits per heavy atom. The molecule has 184 valence electrons. The monoisotopic (exact) mass is 494 g/mol. The number of carbonyl (C=O) groups excluding carboxylic acids is 3. The number of carboxylic acid groups (broad SMARTS) is 2. The molecule has 0 aliphatic rings. The minimum absolute atomic E-state index is 0.0226. The number of nitrogens with one attached hydrogen (secondary N) is 3. The summed E-state index contributed by atoms with van der Waals surface area (Å²) in [5.41, 5.74) is 5.64. The van der Waals surface area contributed by atoms with Gasteiger partial charge in [0.2, 0.25) is 17.7 Å². The standard InChI is InChI=1S/C19H34N4O7S2/c1-10(2)8-14(19(29)30)23-17(27)12(4-5-15(24)25)22-18(28)13(6-7-32-3)21-16(26)11(20)9-31/h10-14,31H,4-9,20H2,1-3H3,(H,21,26)(H,22,28)(H,23,27)(H,24,25)(H,29,30). The molecule has 0 aliphatic heterocycles. The lowest BCUT2D eigenvalue weighted by molar-refractivity contribution is -0.143. The Balaban J connectivity index is 5.48. The highest BCUT2D eigenvalue weighted by atomic mass is 32.2. The summed E-state index contributed by atoms with van der Waals surface area (Å²) in [6.45, 7) is 3.58. The third kappa shape index (κ3) is 12.2. The van der Waals surface area contributed by atoms with Crippen LogP contribution in [-0.2, 0) is 24.0 Å². The number of hydrogen-bond donors (Lipinski definition) is 7. The molecule has 0 aromatic rings. The zero-order valence-electron chi connectivity index (χ0n) is 18.5. The molecule has 0 saturated heterocycles. The lowest BCUT2D eigenvalue weighted by atomic mass is 10.0. The smallest absolute Gasteiger partial charge is 0.326 e. The van der Waals surface area contributed by atoms with Gasteiger partial charge in [0, 0.05) is 12.2 Å². The van der Waals surface area contributed by atoms with E-state index in [1.165, 1.54) is 11.8 Å². The van der Waals surface area contributed by atoms with Crippen LogP contribution in [0.15, 0.2) is 0 Å². The predicted molar refractivity (Wildman–Crippen MR) is 125 cm³/mol. The molecule has 0 radical (unpaired) electrons. The van der Waals surface area contributed by atoms with Gasteiger partial charge in [0.25, 0.3) is 0 Å². The van der Waals surface area contributed by atoms with E-state index in [0.717, 1.165) is 0 Å². The van der Waals surface area contributed by atoms with Gasteiger partial charge in [-0.25, -0.2) is 4.79 Å². The Labute approximate surface area is 197 Å². The van der Waals surface area contributed by atoms with Gasteiger partial charge >= 0.3 is 11.9 Å². The largest absolute Gasteiger partial charge is 0.481 e. The number of thiol groups is 1. The molecule has 0 saturated carbocycles. The SMILES string of the molecule is CSCCC(NC(=O)C(N)CS)C(=O)NC(CCC(=O)O)C(=O)NC(CC(C)C)C(=O)O. The second kappa shape index (κ2) is 15.8. The first-order chi connectivity index (χ1) is 14.9. The average molecular weight is 495 g/mol. The van der Waals surface area contributed by atoms with Crippen molar-refractivity contribution in [2.75, 3.05) is 17.8 Å². The molecule has 0 aromatic carbocycles. The van der Waals surface area contributed by atoms with Gasteiger partial charge in [-0.15, -0.1) is 0 Å². The summed E-state index contributed by atoms with van der Waals surface area (Å²) in [5, 5.41) is 25.7. The molecular formula is C19H34N4O7S2. The van der Waals surface area contributed by atoms with Gasteiger partial charge in [-0.1, -0.05) is 13.8 Å².